The summed E-state index contributed by atoms with van der Waals surface area (Å²) in [5.74, 6) is -1.11. The Morgan fingerprint density at radius 1 is 1.61 bits per heavy atom. The van der Waals surface area contributed by atoms with E-state index >= 15 is 0 Å². The highest BCUT2D eigenvalue weighted by Crippen LogP contribution is 2.25. The van der Waals surface area contributed by atoms with E-state index in [9.17, 15) is 13.2 Å². The summed E-state index contributed by atoms with van der Waals surface area (Å²) in [4.78, 5) is 14.9. The van der Waals surface area contributed by atoms with Gasteiger partial charge in [0, 0.05) is 19.3 Å². The van der Waals surface area contributed by atoms with Gasteiger partial charge in [-0.3, -0.25) is 4.79 Å². The molecule has 0 saturated carbocycles. The molecular weight excluding hydrogens is 258 g/mol. The average Bonchev–Trinajstić information content (AvgIpc) is 2.98. The molecule has 18 heavy (non-hydrogen) atoms. The van der Waals surface area contributed by atoms with E-state index in [-0.39, 0.29) is 11.6 Å². The summed E-state index contributed by atoms with van der Waals surface area (Å²) in [6, 6.07) is -0.971. The second-order valence-corrected chi connectivity index (χ2v) is 5.99. The van der Waals surface area contributed by atoms with Gasteiger partial charge in [-0.1, -0.05) is 0 Å². The molecule has 1 aromatic heterocycles. The number of aromatic nitrogens is 2. The van der Waals surface area contributed by atoms with Gasteiger partial charge in [-0.15, -0.1) is 0 Å². The van der Waals surface area contributed by atoms with Crippen molar-refractivity contribution >= 4 is 16.0 Å². The molecule has 100 valence electrons. The predicted molar refractivity (Wildman–Crippen MR) is 62.5 cm³/mol. The van der Waals surface area contributed by atoms with Crippen LogP contribution in [0.5, 0.6) is 0 Å². The lowest BCUT2D eigenvalue weighted by Crippen LogP contribution is -2.40. The first-order chi connectivity index (χ1) is 8.46. The fraction of sp³-hybridized carbons (Fsp3) is 0.600. The molecule has 2 rings (SSSR count). The topological polar surface area (TPSA) is 92.5 Å². The van der Waals surface area contributed by atoms with Crippen LogP contribution in [-0.2, 0) is 21.4 Å². The van der Waals surface area contributed by atoms with Gasteiger partial charge in [0.25, 0.3) is 10.0 Å². The van der Waals surface area contributed by atoms with E-state index in [2.05, 4.69) is 4.98 Å². The molecule has 0 amide bonds. The lowest BCUT2D eigenvalue weighted by atomic mass is 10.2. The Kier molecular flexibility index (Phi) is 3.40. The first-order valence-electron chi connectivity index (χ1n) is 5.73. The summed E-state index contributed by atoms with van der Waals surface area (Å²) in [7, 11) is -3.80. The van der Waals surface area contributed by atoms with Gasteiger partial charge in [0.15, 0.2) is 5.03 Å². The smallest absolute Gasteiger partial charge is 0.322 e. The van der Waals surface area contributed by atoms with Crippen molar-refractivity contribution in [1.29, 1.82) is 0 Å². The van der Waals surface area contributed by atoms with E-state index in [1.54, 1.807) is 4.57 Å². The Morgan fingerprint density at radius 2 is 2.33 bits per heavy atom. The summed E-state index contributed by atoms with van der Waals surface area (Å²) < 4.78 is 27.2. The number of nitrogens with zero attached hydrogens (tertiary/aromatic N) is 3. The minimum Gasteiger partial charge on any atom is -0.480 e. The van der Waals surface area contributed by atoms with E-state index < -0.39 is 22.0 Å². The van der Waals surface area contributed by atoms with Gasteiger partial charge in [0.2, 0.25) is 0 Å². The SMILES string of the molecule is CCn1cnc(S(=O)(=O)N2CCCC2C(=O)O)c1. The van der Waals surface area contributed by atoms with Crippen molar-refractivity contribution in [3.05, 3.63) is 12.5 Å². The van der Waals surface area contributed by atoms with Gasteiger partial charge in [-0.2, -0.15) is 4.31 Å². The van der Waals surface area contributed by atoms with Crippen molar-refractivity contribution in [3.63, 3.8) is 0 Å². The molecule has 0 spiro atoms. The predicted octanol–water partition coefficient (Wildman–Crippen LogP) is 0.141. The molecule has 1 unspecified atom stereocenters. The number of rotatable bonds is 4. The van der Waals surface area contributed by atoms with Crippen molar-refractivity contribution in [1.82, 2.24) is 13.9 Å². The van der Waals surface area contributed by atoms with Gasteiger partial charge in [-0.25, -0.2) is 13.4 Å². The van der Waals surface area contributed by atoms with Gasteiger partial charge in [-0.05, 0) is 19.8 Å². The lowest BCUT2D eigenvalue weighted by Gasteiger charge is -2.19. The van der Waals surface area contributed by atoms with Crippen LogP contribution in [0.4, 0.5) is 0 Å². The zero-order valence-corrected chi connectivity index (χ0v) is 10.8. The molecule has 8 heteroatoms. The van der Waals surface area contributed by atoms with Crippen LogP contribution in [0.1, 0.15) is 19.8 Å². The van der Waals surface area contributed by atoms with Crippen LogP contribution >= 0.6 is 0 Å². The molecule has 0 aliphatic carbocycles. The Balaban J connectivity index is 2.33. The highest BCUT2D eigenvalue weighted by Gasteiger charge is 2.40. The number of carboxylic acids is 1. The number of imidazole rings is 1. The molecule has 1 aliphatic heterocycles. The number of hydrogen-bond acceptors (Lipinski definition) is 4. The summed E-state index contributed by atoms with van der Waals surface area (Å²) in [6.07, 6.45) is 3.76. The second kappa shape index (κ2) is 4.69. The largest absolute Gasteiger partial charge is 0.480 e. The highest BCUT2D eigenvalue weighted by molar-refractivity contribution is 7.89. The highest BCUT2D eigenvalue weighted by atomic mass is 32.2. The molecule has 1 saturated heterocycles. The molecular formula is C10H15N3O4S. The third-order valence-electron chi connectivity index (χ3n) is 3.04. The zero-order chi connectivity index (χ0) is 13.3. The Labute approximate surface area is 105 Å². The van der Waals surface area contributed by atoms with Gasteiger partial charge < -0.3 is 9.67 Å². The molecule has 1 fully saturated rings. The van der Waals surface area contributed by atoms with Crippen LogP contribution in [0, 0.1) is 0 Å². The van der Waals surface area contributed by atoms with Crippen LogP contribution in [0.15, 0.2) is 17.6 Å². The number of sulfonamides is 1. The van der Waals surface area contributed by atoms with Gasteiger partial charge in [0.1, 0.15) is 6.04 Å². The monoisotopic (exact) mass is 273 g/mol. The molecule has 7 nitrogen and oxygen atoms in total. The summed E-state index contributed by atoms with van der Waals surface area (Å²) in [6.45, 7) is 2.72. The minimum absolute atomic E-state index is 0.0856. The second-order valence-electron chi connectivity index (χ2n) is 4.15. The van der Waals surface area contributed by atoms with Crippen molar-refractivity contribution in [2.45, 2.75) is 37.4 Å². The van der Waals surface area contributed by atoms with E-state index in [0.717, 1.165) is 4.31 Å². The van der Waals surface area contributed by atoms with Crippen LogP contribution < -0.4 is 0 Å². The first kappa shape index (κ1) is 13.0. The Morgan fingerprint density at radius 3 is 2.89 bits per heavy atom. The average molecular weight is 273 g/mol. The first-order valence-corrected chi connectivity index (χ1v) is 7.17. The maximum Gasteiger partial charge on any atom is 0.322 e. The van der Waals surface area contributed by atoms with Crippen LogP contribution in [0.2, 0.25) is 0 Å². The summed E-state index contributed by atoms with van der Waals surface area (Å²) in [5, 5.41) is 8.93. The molecule has 1 N–H and O–H groups in total. The molecule has 0 radical (unpaired) electrons. The van der Waals surface area contributed by atoms with Crippen molar-refractivity contribution in [2.24, 2.45) is 0 Å². The minimum atomic E-state index is -3.80. The standard InChI is InChI=1S/C10H15N3O4S/c1-2-12-6-9(11-7-12)18(16,17)13-5-3-4-8(13)10(14)15/h6-8H,2-5H2,1H3,(H,14,15). The Hall–Kier alpha value is -1.41. The van der Waals surface area contributed by atoms with Crippen molar-refractivity contribution in [3.8, 4) is 0 Å². The van der Waals surface area contributed by atoms with Crippen molar-refractivity contribution in [2.75, 3.05) is 6.54 Å². The molecule has 0 aromatic carbocycles. The number of aliphatic carboxylic acids is 1. The van der Waals surface area contributed by atoms with Gasteiger partial charge in [0.05, 0.1) is 6.33 Å². The molecule has 1 atom stereocenters. The number of aryl methyl sites for hydroxylation is 1. The summed E-state index contributed by atoms with van der Waals surface area (Å²) >= 11 is 0. The fourth-order valence-electron chi connectivity index (χ4n) is 2.04. The maximum absolute atomic E-state index is 12.3. The fourth-order valence-corrected chi connectivity index (χ4v) is 3.63. The number of carbonyl (C=O) groups is 1. The lowest BCUT2D eigenvalue weighted by molar-refractivity contribution is -0.140. The van der Waals surface area contributed by atoms with Crippen LogP contribution in [-0.4, -0.2) is 45.9 Å². The third-order valence-corrected chi connectivity index (χ3v) is 4.83. The number of carboxylic acid groups (broad SMARTS) is 1. The van der Waals surface area contributed by atoms with E-state index in [0.29, 0.717) is 19.4 Å². The third kappa shape index (κ3) is 2.13. The Bertz CT molecular complexity index is 551. The van der Waals surface area contributed by atoms with E-state index in [1.807, 2.05) is 6.92 Å². The van der Waals surface area contributed by atoms with E-state index in [1.165, 1.54) is 12.5 Å². The van der Waals surface area contributed by atoms with Gasteiger partial charge >= 0.3 is 5.97 Å². The molecule has 1 aliphatic rings. The van der Waals surface area contributed by atoms with Crippen LogP contribution in [0.3, 0.4) is 0 Å². The van der Waals surface area contributed by atoms with Crippen molar-refractivity contribution < 1.29 is 18.3 Å². The quantitative estimate of drug-likeness (QED) is 0.842. The summed E-state index contributed by atoms with van der Waals surface area (Å²) in [5.41, 5.74) is 0. The van der Waals surface area contributed by atoms with E-state index in [4.69, 9.17) is 5.11 Å². The molecule has 2 heterocycles. The zero-order valence-electron chi connectivity index (χ0n) is 9.98. The van der Waals surface area contributed by atoms with Crippen LogP contribution in [0.25, 0.3) is 0 Å². The molecule has 0 bridgehead atoms. The number of hydrogen-bond donors (Lipinski definition) is 1. The maximum atomic E-state index is 12.3. The molecule has 1 aromatic rings. The normalized spacial score (nSPS) is 21.3.